The maximum atomic E-state index is 13.0. The van der Waals surface area contributed by atoms with Crippen LogP contribution in [0.1, 0.15) is 46.2 Å². The van der Waals surface area contributed by atoms with Gasteiger partial charge in [-0.1, -0.05) is 31.5 Å². The van der Waals surface area contributed by atoms with Crippen LogP contribution in [-0.4, -0.2) is 17.3 Å². The number of rotatable bonds is 6. The van der Waals surface area contributed by atoms with E-state index in [9.17, 15) is 18.0 Å². The van der Waals surface area contributed by atoms with Crippen LogP contribution >= 0.6 is 0 Å². The van der Waals surface area contributed by atoms with Gasteiger partial charge in [-0.3, -0.25) is 4.79 Å². The smallest absolute Gasteiger partial charge is 0.416 e. The van der Waals surface area contributed by atoms with Crippen LogP contribution in [0.25, 0.3) is 11.1 Å². The maximum absolute atomic E-state index is 13.0. The summed E-state index contributed by atoms with van der Waals surface area (Å²) in [5, 5.41) is 0. The third kappa shape index (κ3) is 3.92. The molecule has 32 heavy (non-hydrogen) atoms. The van der Waals surface area contributed by atoms with Crippen molar-refractivity contribution in [1.82, 2.24) is 4.57 Å². The second kappa shape index (κ2) is 8.26. The molecule has 0 saturated carbocycles. The van der Waals surface area contributed by atoms with Crippen molar-refractivity contribution in [3.63, 3.8) is 0 Å². The van der Waals surface area contributed by atoms with Gasteiger partial charge in [0.1, 0.15) is 0 Å². The van der Waals surface area contributed by atoms with Gasteiger partial charge in [0, 0.05) is 23.5 Å². The summed E-state index contributed by atoms with van der Waals surface area (Å²) in [6.45, 7) is 4.44. The number of ether oxygens (including phenoxy) is 2. The van der Waals surface area contributed by atoms with E-state index in [1.54, 1.807) is 6.92 Å². The zero-order chi connectivity index (χ0) is 23.0. The van der Waals surface area contributed by atoms with Gasteiger partial charge in [0.15, 0.2) is 11.5 Å². The first kappa shape index (κ1) is 21.8. The van der Waals surface area contributed by atoms with Crippen molar-refractivity contribution in [1.29, 1.82) is 0 Å². The summed E-state index contributed by atoms with van der Waals surface area (Å²) in [5.74, 6) is 0.719. The zero-order valence-electron chi connectivity index (χ0n) is 17.8. The molecule has 2 N–H and O–H groups in total. The van der Waals surface area contributed by atoms with Crippen LogP contribution in [0.4, 0.5) is 13.2 Å². The highest BCUT2D eigenvalue weighted by Gasteiger charge is 2.31. The van der Waals surface area contributed by atoms with E-state index in [1.807, 2.05) is 29.7 Å². The number of nitrogens with zero attached hydrogens (tertiary/aromatic N) is 1. The summed E-state index contributed by atoms with van der Waals surface area (Å²) in [7, 11) is 0. The molecular formula is C24H23F3N2O3. The van der Waals surface area contributed by atoms with Gasteiger partial charge in [-0.25, -0.2) is 0 Å². The second-order valence-electron chi connectivity index (χ2n) is 7.75. The normalized spacial score (nSPS) is 12.9. The molecule has 0 spiro atoms. The van der Waals surface area contributed by atoms with E-state index in [0.29, 0.717) is 46.8 Å². The summed E-state index contributed by atoms with van der Waals surface area (Å²) in [4.78, 5) is 12.4. The van der Waals surface area contributed by atoms with E-state index < -0.39 is 17.6 Å². The van der Waals surface area contributed by atoms with Crippen LogP contribution in [-0.2, 0) is 19.1 Å². The van der Waals surface area contributed by atoms with Gasteiger partial charge in [0.05, 0.1) is 11.1 Å². The first-order chi connectivity index (χ1) is 15.2. The fourth-order valence-corrected chi connectivity index (χ4v) is 4.17. The number of hydrogen-bond donors (Lipinski definition) is 1. The minimum absolute atomic E-state index is 0.173. The molecule has 3 aromatic rings. The van der Waals surface area contributed by atoms with Crippen LogP contribution < -0.4 is 15.2 Å². The molecule has 1 aliphatic rings. The second-order valence-corrected chi connectivity index (χ2v) is 7.75. The topological polar surface area (TPSA) is 66.5 Å². The molecule has 2 aromatic carbocycles. The Labute approximate surface area is 183 Å². The number of alkyl halides is 3. The number of benzene rings is 2. The van der Waals surface area contributed by atoms with Crippen molar-refractivity contribution in [2.24, 2.45) is 5.73 Å². The molecule has 0 saturated heterocycles. The number of aromatic nitrogens is 1. The predicted molar refractivity (Wildman–Crippen MR) is 114 cm³/mol. The average Bonchev–Trinajstić information content (AvgIpc) is 3.31. The molecule has 2 heterocycles. The number of fused-ring (bicyclic) bond motifs is 1. The molecule has 0 fully saturated rings. The van der Waals surface area contributed by atoms with Gasteiger partial charge >= 0.3 is 6.18 Å². The van der Waals surface area contributed by atoms with E-state index in [0.717, 1.165) is 29.8 Å². The van der Waals surface area contributed by atoms with Gasteiger partial charge in [0.2, 0.25) is 6.79 Å². The highest BCUT2D eigenvalue weighted by Crippen LogP contribution is 2.38. The van der Waals surface area contributed by atoms with E-state index in [4.69, 9.17) is 15.2 Å². The average molecular weight is 444 g/mol. The van der Waals surface area contributed by atoms with E-state index in [1.165, 1.54) is 12.1 Å². The van der Waals surface area contributed by atoms with Crippen LogP contribution in [0.3, 0.4) is 0 Å². The lowest BCUT2D eigenvalue weighted by molar-refractivity contribution is -0.137. The number of amides is 1. The Morgan fingerprint density at radius 3 is 2.41 bits per heavy atom. The first-order valence-corrected chi connectivity index (χ1v) is 10.3. The summed E-state index contributed by atoms with van der Waals surface area (Å²) in [6.07, 6.45) is -3.01. The molecule has 0 bridgehead atoms. The van der Waals surface area contributed by atoms with Gasteiger partial charge in [-0.2, -0.15) is 13.2 Å². The molecule has 1 aliphatic heterocycles. The van der Waals surface area contributed by atoms with Crippen molar-refractivity contribution < 1.29 is 27.4 Å². The highest BCUT2D eigenvalue weighted by molar-refractivity contribution is 6.02. The minimum atomic E-state index is -4.43. The lowest BCUT2D eigenvalue weighted by Gasteiger charge is -2.14. The number of carbonyl (C=O) groups is 1. The number of halogens is 3. The summed E-state index contributed by atoms with van der Waals surface area (Å²) >= 11 is 0. The van der Waals surface area contributed by atoms with Crippen molar-refractivity contribution in [3.8, 4) is 22.6 Å². The van der Waals surface area contributed by atoms with Crippen molar-refractivity contribution >= 4 is 5.91 Å². The molecule has 0 atom stereocenters. The molecule has 168 valence electrons. The molecule has 4 rings (SSSR count). The quantitative estimate of drug-likeness (QED) is 0.560. The first-order valence-electron chi connectivity index (χ1n) is 10.3. The maximum Gasteiger partial charge on any atom is 0.416 e. The highest BCUT2D eigenvalue weighted by atomic mass is 19.4. The largest absolute Gasteiger partial charge is 0.454 e. The monoisotopic (exact) mass is 444 g/mol. The van der Waals surface area contributed by atoms with Gasteiger partial charge in [-0.05, 0) is 48.7 Å². The Bertz CT molecular complexity index is 1160. The van der Waals surface area contributed by atoms with E-state index in [-0.39, 0.29) is 6.79 Å². The minimum Gasteiger partial charge on any atom is -0.454 e. The zero-order valence-corrected chi connectivity index (χ0v) is 17.8. The summed E-state index contributed by atoms with van der Waals surface area (Å²) in [6, 6.07) is 10.5. The van der Waals surface area contributed by atoms with Crippen molar-refractivity contribution in [3.05, 3.63) is 70.5 Å². The van der Waals surface area contributed by atoms with Crippen LogP contribution in [0, 0.1) is 6.92 Å². The molecule has 0 radical (unpaired) electrons. The summed E-state index contributed by atoms with van der Waals surface area (Å²) < 4.78 is 51.9. The van der Waals surface area contributed by atoms with E-state index >= 15 is 0 Å². The fourth-order valence-electron chi connectivity index (χ4n) is 4.17. The lowest BCUT2D eigenvalue weighted by atomic mass is 9.97. The Morgan fingerprint density at radius 1 is 1.09 bits per heavy atom. The third-order valence-electron chi connectivity index (χ3n) is 5.64. The fraction of sp³-hybridized carbons (Fsp3) is 0.292. The molecule has 1 aromatic heterocycles. The van der Waals surface area contributed by atoms with Crippen LogP contribution in [0.2, 0.25) is 0 Å². The number of nitrogens with two attached hydrogens (primary N) is 1. The van der Waals surface area contributed by atoms with E-state index in [2.05, 4.69) is 0 Å². The SMILES string of the molecule is CCCc1c(-c2ccc(C(F)(F)F)cc2)c(C(N)=O)c(C)n1Cc1ccc2c(c1)OCO2. The molecule has 0 aliphatic carbocycles. The van der Waals surface area contributed by atoms with Crippen molar-refractivity contribution in [2.45, 2.75) is 39.4 Å². The standard InChI is InChI=1S/C24H23F3N2O3/c1-3-4-18-22(16-6-8-17(9-7-16)24(25,26)27)21(23(28)30)14(2)29(18)12-15-5-10-19-20(11-15)32-13-31-19/h5-11H,3-4,12-13H2,1-2H3,(H2,28,30). The molecule has 0 unspecified atom stereocenters. The number of carbonyl (C=O) groups excluding carboxylic acids is 1. The van der Waals surface area contributed by atoms with Crippen LogP contribution in [0.15, 0.2) is 42.5 Å². The Balaban J connectivity index is 1.83. The molecule has 5 nitrogen and oxygen atoms in total. The van der Waals surface area contributed by atoms with Gasteiger partial charge in [0.25, 0.3) is 5.91 Å². The van der Waals surface area contributed by atoms with Crippen LogP contribution in [0.5, 0.6) is 11.5 Å². The number of primary amides is 1. The van der Waals surface area contributed by atoms with Gasteiger partial charge < -0.3 is 19.8 Å². The molecular weight excluding hydrogens is 421 g/mol. The third-order valence-corrected chi connectivity index (χ3v) is 5.64. The lowest BCUT2D eigenvalue weighted by Crippen LogP contribution is -2.13. The Kier molecular flexibility index (Phi) is 5.62. The number of hydrogen-bond acceptors (Lipinski definition) is 3. The van der Waals surface area contributed by atoms with Gasteiger partial charge in [-0.15, -0.1) is 0 Å². The Morgan fingerprint density at radius 2 is 1.78 bits per heavy atom. The summed E-state index contributed by atoms with van der Waals surface area (Å²) in [5.41, 5.74) is 8.91. The predicted octanol–water partition coefficient (Wildman–Crippen LogP) is 5.31. The molecule has 1 amide bonds. The van der Waals surface area contributed by atoms with Crippen molar-refractivity contribution in [2.75, 3.05) is 6.79 Å². The molecule has 8 heteroatoms. The Hall–Kier alpha value is -3.42.